The van der Waals surface area contributed by atoms with Crippen molar-refractivity contribution in [1.82, 2.24) is 20.5 Å². The van der Waals surface area contributed by atoms with E-state index in [1.165, 1.54) is 0 Å². The number of nitrogens with one attached hydrogen (secondary N) is 2. The summed E-state index contributed by atoms with van der Waals surface area (Å²) in [5.41, 5.74) is -0.272. The highest BCUT2D eigenvalue weighted by atomic mass is 16.4. The summed E-state index contributed by atoms with van der Waals surface area (Å²) in [6.07, 6.45) is -1.64. The molecule has 1 aromatic rings. The third kappa shape index (κ3) is 3.52. The summed E-state index contributed by atoms with van der Waals surface area (Å²) < 4.78 is 0. The number of rotatable bonds is 4. The molecular weight excluding hydrogens is 240 g/mol. The van der Waals surface area contributed by atoms with E-state index in [9.17, 15) is 9.59 Å². The number of aliphatic hydroxyl groups is 1. The molecule has 1 unspecified atom stereocenters. The highest BCUT2D eigenvalue weighted by Gasteiger charge is 2.22. The largest absolute Gasteiger partial charge is 0.479 e. The Balaban J connectivity index is 2.63. The molecule has 1 aromatic heterocycles. The van der Waals surface area contributed by atoms with E-state index in [1.54, 1.807) is 0 Å². The van der Waals surface area contributed by atoms with Crippen molar-refractivity contribution in [2.45, 2.75) is 32.3 Å². The smallest absolute Gasteiger partial charge is 0.334 e. The second-order valence-corrected chi connectivity index (χ2v) is 4.82. The molecule has 1 amide bonds. The molecule has 0 aliphatic heterocycles. The molecule has 1 atom stereocenters. The fourth-order valence-electron chi connectivity index (χ4n) is 1.05. The van der Waals surface area contributed by atoms with Gasteiger partial charge in [0.15, 0.2) is 6.10 Å². The zero-order valence-electron chi connectivity index (χ0n) is 10.4. The van der Waals surface area contributed by atoms with E-state index in [0.717, 1.165) is 0 Å². The Bertz CT molecular complexity index is 449. The quantitative estimate of drug-likeness (QED) is 0.562. The lowest BCUT2D eigenvalue weighted by Crippen LogP contribution is -2.37. The first-order valence-corrected chi connectivity index (χ1v) is 5.33. The highest BCUT2D eigenvalue weighted by Crippen LogP contribution is 2.17. The van der Waals surface area contributed by atoms with Crippen molar-refractivity contribution in [3.63, 3.8) is 0 Å². The van der Waals surface area contributed by atoms with Gasteiger partial charge in [0.2, 0.25) is 5.82 Å². The van der Waals surface area contributed by atoms with Crippen LogP contribution in [0.2, 0.25) is 0 Å². The van der Waals surface area contributed by atoms with Gasteiger partial charge in [-0.1, -0.05) is 20.8 Å². The van der Waals surface area contributed by atoms with Crippen LogP contribution in [0.25, 0.3) is 0 Å². The van der Waals surface area contributed by atoms with Gasteiger partial charge in [-0.05, 0) is 0 Å². The molecule has 1 rings (SSSR count). The van der Waals surface area contributed by atoms with E-state index in [1.807, 2.05) is 20.8 Å². The molecule has 0 bridgehead atoms. The highest BCUT2D eigenvalue weighted by molar-refractivity contribution is 5.90. The Labute approximate surface area is 103 Å². The first kappa shape index (κ1) is 14.1. The monoisotopic (exact) mass is 256 g/mol. The second kappa shape index (κ2) is 5.13. The number of carbonyl (C=O) groups is 2. The van der Waals surface area contributed by atoms with Crippen LogP contribution in [0.1, 0.15) is 37.2 Å². The fraction of sp³-hybridized carbons (Fsp3) is 0.600. The van der Waals surface area contributed by atoms with Crippen LogP contribution >= 0.6 is 0 Å². The third-order valence-electron chi connectivity index (χ3n) is 2.14. The predicted molar refractivity (Wildman–Crippen MR) is 61.1 cm³/mol. The lowest BCUT2D eigenvalue weighted by molar-refractivity contribution is -0.146. The van der Waals surface area contributed by atoms with Gasteiger partial charge in [-0.25, -0.2) is 9.78 Å². The van der Waals surface area contributed by atoms with Gasteiger partial charge in [0.25, 0.3) is 5.91 Å². The summed E-state index contributed by atoms with van der Waals surface area (Å²) in [5, 5.41) is 26.0. The number of aliphatic carboxylic acids is 1. The Morgan fingerprint density at radius 1 is 1.44 bits per heavy atom. The molecule has 0 spiro atoms. The maximum Gasteiger partial charge on any atom is 0.334 e. The number of H-pyrrole nitrogens is 1. The summed E-state index contributed by atoms with van der Waals surface area (Å²) >= 11 is 0. The maximum atomic E-state index is 11.6. The van der Waals surface area contributed by atoms with Gasteiger partial charge in [0, 0.05) is 5.41 Å². The van der Waals surface area contributed by atoms with Crippen LogP contribution in [0.5, 0.6) is 0 Å². The van der Waals surface area contributed by atoms with Crippen molar-refractivity contribution in [3.8, 4) is 0 Å². The summed E-state index contributed by atoms with van der Waals surface area (Å²) in [6.45, 7) is 5.32. The van der Waals surface area contributed by atoms with Crippen LogP contribution < -0.4 is 5.32 Å². The number of hydrogen-bond acceptors (Lipinski definition) is 5. The van der Waals surface area contributed by atoms with Gasteiger partial charge in [-0.3, -0.25) is 9.89 Å². The molecule has 1 heterocycles. The number of carboxylic acids is 1. The van der Waals surface area contributed by atoms with Gasteiger partial charge >= 0.3 is 5.97 Å². The molecule has 100 valence electrons. The van der Waals surface area contributed by atoms with Gasteiger partial charge in [-0.15, -0.1) is 5.10 Å². The first-order valence-electron chi connectivity index (χ1n) is 5.33. The summed E-state index contributed by atoms with van der Waals surface area (Å²) in [5.74, 6) is -1.58. The maximum absolute atomic E-state index is 11.6. The third-order valence-corrected chi connectivity index (χ3v) is 2.14. The van der Waals surface area contributed by atoms with Gasteiger partial charge in [-0.2, -0.15) is 0 Å². The van der Waals surface area contributed by atoms with Crippen molar-refractivity contribution >= 4 is 11.9 Å². The molecule has 8 heteroatoms. The Morgan fingerprint density at radius 2 is 2.06 bits per heavy atom. The number of aromatic nitrogens is 3. The Morgan fingerprint density at radius 3 is 2.50 bits per heavy atom. The molecule has 0 aliphatic carbocycles. The number of nitrogens with zero attached hydrogens (tertiary/aromatic N) is 2. The van der Waals surface area contributed by atoms with E-state index in [-0.39, 0.29) is 11.2 Å². The summed E-state index contributed by atoms with van der Waals surface area (Å²) in [7, 11) is 0. The fourth-order valence-corrected chi connectivity index (χ4v) is 1.05. The minimum absolute atomic E-state index is 0.0856. The van der Waals surface area contributed by atoms with Gasteiger partial charge in [0.1, 0.15) is 5.82 Å². The van der Waals surface area contributed by atoms with E-state index in [4.69, 9.17) is 10.2 Å². The van der Waals surface area contributed by atoms with Gasteiger partial charge < -0.3 is 15.5 Å². The van der Waals surface area contributed by atoms with Crippen molar-refractivity contribution < 1.29 is 19.8 Å². The Hall–Kier alpha value is -1.96. The molecule has 0 saturated heterocycles. The van der Waals surface area contributed by atoms with E-state index >= 15 is 0 Å². The van der Waals surface area contributed by atoms with Crippen molar-refractivity contribution in [3.05, 3.63) is 11.6 Å². The number of hydrogen-bond donors (Lipinski definition) is 4. The first-order chi connectivity index (χ1) is 8.21. The van der Waals surface area contributed by atoms with Crippen molar-refractivity contribution in [2.24, 2.45) is 0 Å². The molecule has 8 nitrogen and oxygen atoms in total. The topological polar surface area (TPSA) is 128 Å². The van der Waals surface area contributed by atoms with E-state index in [2.05, 4.69) is 20.5 Å². The summed E-state index contributed by atoms with van der Waals surface area (Å²) in [6, 6.07) is 0. The number of carbonyl (C=O) groups excluding carboxylic acids is 1. The minimum Gasteiger partial charge on any atom is -0.479 e. The standard InChI is InChI=1S/C10H16N4O4/c1-10(2,3)9-12-6(13-14-9)7(16)11-4-5(15)8(17)18/h5,15H,4H2,1-3H3,(H,11,16)(H,17,18)(H,12,13,14). The lowest BCUT2D eigenvalue weighted by Gasteiger charge is -2.12. The molecule has 4 N–H and O–H groups in total. The van der Waals surface area contributed by atoms with Crippen LogP contribution in [0, 0.1) is 0 Å². The lowest BCUT2D eigenvalue weighted by atomic mass is 9.96. The second-order valence-electron chi connectivity index (χ2n) is 4.82. The predicted octanol–water partition coefficient (Wildman–Crippen LogP) is -0.722. The van der Waals surface area contributed by atoms with E-state index in [0.29, 0.717) is 5.82 Å². The molecule has 18 heavy (non-hydrogen) atoms. The van der Waals surface area contributed by atoms with Crippen molar-refractivity contribution in [1.29, 1.82) is 0 Å². The van der Waals surface area contributed by atoms with Crippen LogP contribution in [0.15, 0.2) is 0 Å². The molecule has 0 radical (unpaired) electrons. The molecule has 0 saturated carbocycles. The Kier molecular flexibility index (Phi) is 4.02. The van der Waals surface area contributed by atoms with Crippen molar-refractivity contribution in [2.75, 3.05) is 6.54 Å². The van der Waals surface area contributed by atoms with Crippen LogP contribution in [0.4, 0.5) is 0 Å². The van der Waals surface area contributed by atoms with Crippen LogP contribution in [-0.2, 0) is 10.2 Å². The SMILES string of the molecule is CC(C)(C)c1nc(C(=O)NCC(O)C(=O)O)n[nH]1. The zero-order valence-corrected chi connectivity index (χ0v) is 10.4. The zero-order chi connectivity index (χ0) is 13.9. The molecule has 0 fully saturated rings. The van der Waals surface area contributed by atoms with Crippen LogP contribution in [-0.4, -0.2) is 49.9 Å². The number of amides is 1. The molecule has 0 aromatic carbocycles. The number of aliphatic hydroxyl groups excluding tert-OH is 1. The minimum atomic E-state index is -1.64. The normalized spacial score (nSPS) is 13.1. The molecule has 0 aliphatic rings. The average Bonchev–Trinajstić information content (AvgIpc) is 2.73. The average molecular weight is 256 g/mol. The van der Waals surface area contributed by atoms with E-state index < -0.39 is 24.5 Å². The van der Waals surface area contributed by atoms with Gasteiger partial charge in [0.05, 0.1) is 6.54 Å². The molecular formula is C10H16N4O4. The van der Waals surface area contributed by atoms with Crippen LogP contribution in [0.3, 0.4) is 0 Å². The number of carboxylic acid groups (broad SMARTS) is 1. The number of aromatic amines is 1. The summed E-state index contributed by atoms with van der Waals surface area (Å²) in [4.78, 5) is 25.9.